The number of hydrogen-bond donors (Lipinski definition) is 0. The molecule has 0 unspecified atom stereocenters. The molecule has 1 aliphatic carbocycles. The third-order valence-electron chi connectivity index (χ3n) is 6.16. The van der Waals surface area contributed by atoms with Gasteiger partial charge in [0.1, 0.15) is 11.3 Å². The number of ether oxygens (including phenoxy) is 4. The molecule has 1 aliphatic rings. The number of amides is 1. The maximum atomic E-state index is 13.0. The zero-order chi connectivity index (χ0) is 22.4. The minimum Gasteiger partial charge on any atom is -0.497 e. The smallest absolute Gasteiger partial charge is 0.331 e. The van der Waals surface area contributed by atoms with E-state index in [4.69, 9.17) is 18.9 Å². The van der Waals surface area contributed by atoms with Crippen molar-refractivity contribution in [1.29, 1.82) is 0 Å². The van der Waals surface area contributed by atoms with Gasteiger partial charge in [0, 0.05) is 34.0 Å². The van der Waals surface area contributed by atoms with Crippen LogP contribution in [-0.2, 0) is 30.2 Å². The third kappa shape index (κ3) is 4.68. The van der Waals surface area contributed by atoms with Crippen LogP contribution in [0.1, 0.15) is 38.2 Å². The Morgan fingerprint density at radius 3 is 2.03 bits per heavy atom. The van der Waals surface area contributed by atoms with Crippen LogP contribution in [-0.4, -0.2) is 62.6 Å². The van der Waals surface area contributed by atoms with E-state index in [1.54, 1.807) is 32.3 Å². The Bertz CT molecular complexity index is 731. The second-order valence-corrected chi connectivity index (χ2v) is 7.59. The van der Waals surface area contributed by atoms with Crippen molar-refractivity contribution in [3.05, 3.63) is 42.5 Å². The summed E-state index contributed by atoms with van der Waals surface area (Å²) in [6.07, 6.45) is 3.90. The molecule has 1 aromatic rings. The lowest BCUT2D eigenvalue weighted by Gasteiger charge is -2.50. The predicted molar refractivity (Wildman–Crippen MR) is 113 cm³/mol. The molecule has 30 heavy (non-hydrogen) atoms. The lowest BCUT2D eigenvalue weighted by Crippen LogP contribution is -2.64. The number of benzene rings is 1. The van der Waals surface area contributed by atoms with Gasteiger partial charge in [0.05, 0.1) is 20.3 Å². The summed E-state index contributed by atoms with van der Waals surface area (Å²) in [6.45, 7) is 5.42. The molecule has 1 aromatic carbocycles. The van der Waals surface area contributed by atoms with Crippen molar-refractivity contribution in [2.45, 2.75) is 56.4 Å². The molecule has 166 valence electrons. The van der Waals surface area contributed by atoms with Crippen molar-refractivity contribution in [2.75, 3.05) is 28.4 Å². The van der Waals surface area contributed by atoms with Gasteiger partial charge < -0.3 is 23.8 Å². The number of methoxy groups -OCH3 is 4. The lowest BCUT2D eigenvalue weighted by atomic mass is 9.76. The van der Waals surface area contributed by atoms with Crippen LogP contribution in [0.15, 0.2) is 36.9 Å². The van der Waals surface area contributed by atoms with Crippen LogP contribution in [0.3, 0.4) is 0 Å². The van der Waals surface area contributed by atoms with Gasteiger partial charge in [0.15, 0.2) is 5.79 Å². The van der Waals surface area contributed by atoms with Crippen LogP contribution in [0.25, 0.3) is 0 Å². The number of carbonyl (C=O) groups excluding carboxylic acids is 2. The number of esters is 1. The van der Waals surface area contributed by atoms with E-state index in [0.29, 0.717) is 32.1 Å². The molecule has 1 atom stereocenters. The molecule has 0 radical (unpaired) electrons. The van der Waals surface area contributed by atoms with Gasteiger partial charge >= 0.3 is 5.97 Å². The molecule has 0 N–H and O–H groups in total. The quantitative estimate of drug-likeness (QED) is 0.348. The summed E-state index contributed by atoms with van der Waals surface area (Å²) >= 11 is 0. The van der Waals surface area contributed by atoms with Crippen LogP contribution in [0, 0.1) is 0 Å². The van der Waals surface area contributed by atoms with Gasteiger partial charge in [-0.3, -0.25) is 4.79 Å². The van der Waals surface area contributed by atoms with Crippen LogP contribution < -0.4 is 4.74 Å². The van der Waals surface area contributed by atoms with E-state index in [1.165, 1.54) is 14.0 Å². The number of nitrogens with zero attached hydrogens (tertiary/aromatic N) is 1. The molecular weight excluding hydrogens is 386 g/mol. The fraction of sp³-hybridized carbons (Fsp3) is 0.565. The first kappa shape index (κ1) is 23.9. The van der Waals surface area contributed by atoms with Crippen molar-refractivity contribution in [1.82, 2.24) is 4.90 Å². The minimum atomic E-state index is -1.10. The summed E-state index contributed by atoms with van der Waals surface area (Å²) in [5.41, 5.74) is -0.0992. The van der Waals surface area contributed by atoms with Gasteiger partial charge in [-0.05, 0) is 37.0 Å². The Kier molecular flexibility index (Phi) is 8.03. The molecule has 0 aromatic heterocycles. The van der Waals surface area contributed by atoms with Gasteiger partial charge in [-0.1, -0.05) is 18.2 Å². The highest BCUT2D eigenvalue weighted by atomic mass is 16.7. The normalized spacial score (nSPS) is 18.2. The molecular formula is C23H33NO6. The molecule has 1 amide bonds. The Morgan fingerprint density at radius 2 is 1.63 bits per heavy atom. The standard InChI is InChI=1S/C23H33NO6/c1-7-19(16-18-8-10-20(27-3)11-9-18)24(17(2)25)22(21(26)28-4)12-14-23(29-5,30-6)15-13-22/h7-11,19H,1,12-16H2,2-6H3/t19-/m1/s1. The zero-order valence-electron chi connectivity index (χ0n) is 18.6. The second-order valence-electron chi connectivity index (χ2n) is 7.59. The predicted octanol–water partition coefficient (Wildman–Crippen LogP) is 3.12. The summed E-state index contributed by atoms with van der Waals surface area (Å²) in [5.74, 6) is -0.646. The van der Waals surface area contributed by atoms with Crippen molar-refractivity contribution >= 4 is 11.9 Å². The Labute approximate surface area is 178 Å². The van der Waals surface area contributed by atoms with Gasteiger partial charge in [0.25, 0.3) is 0 Å². The van der Waals surface area contributed by atoms with Crippen LogP contribution in [0.5, 0.6) is 5.75 Å². The summed E-state index contributed by atoms with van der Waals surface area (Å²) in [4.78, 5) is 27.5. The summed E-state index contributed by atoms with van der Waals surface area (Å²) < 4.78 is 21.5. The highest BCUT2D eigenvalue weighted by molar-refractivity contribution is 5.88. The fourth-order valence-corrected chi connectivity index (χ4v) is 4.40. The maximum Gasteiger partial charge on any atom is 0.331 e. The van der Waals surface area contributed by atoms with Crippen LogP contribution >= 0.6 is 0 Å². The second kappa shape index (κ2) is 10.1. The summed E-state index contributed by atoms with van der Waals surface area (Å²) in [7, 11) is 6.15. The van der Waals surface area contributed by atoms with E-state index in [9.17, 15) is 9.59 Å². The lowest BCUT2D eigenvalue weighted by molar-refractivity contribution is -0.237. The molecule has 0 heterocycles. The molecule has 0 aliphatic heterocycles. The molecule has 1 saturated carbocycles. The maximum absolute atomic E-state index is 13.0. The highest BCUT2D eigenvalue weighted by Crippen LogP contribution is 2.43. The van der Waals surface area contributed by atoms with E-state index in [-0.39, 0.29) is 11.9 Å². The number of rotatable bonds is 9. The monoisotopic (exact) mass is 419 g/mol. The SMILES string of the molecule is C=C[C@H](Cc1ccc(OC)cc1)N(C(C)=O)C1(C(=O)OC)CCC(OC)(OC)CC1. The van der Waals surface area contributed by atoms with E-state index in [1.807, 2.05) is 24.3 Å². The van der Waals surface area contributed by atoms with Crippen molar-refractivity contribution in [3.63, 3.8) is 0 Å². The topological polar surface area (TPSA) is 74.3 Å². The van der Waals surface area contributed by atoms with Crippen molar-refractivity contribution in [2.24, 2.45) is 0 Å². The van der Waals surface area contributed by atoms with Gasteiger partial charge in [-0.25, -0.2) is 4.79 Å². The first-order chi connectivity index (χ1) is 14.3. The van der Waals surface area contributed by atoms with Crippen LogP contribution in [0.4, 0.5) is 0 Å². The van der Waals surface area contributed by atoms with E-state index < -0.39 is 17.3 Å². The molecule has 1 fully saturated rings. The highest BCUT2D eigenvalue weighted by Gasteiger charge is 2.54. The average Bonchev–Trinajstić information content (AvgIpc) is 2.78. The average molecular weight is 420 g/mol. The molecule has 7 nitrogen and oxygen atoms in total. The minimum absolute atomic E-state index is 0.207. The number of carbonyl (C=O) groups is 2. The van der Waals surface area contributed by atoms with Gasteiger partial charge in [-0.15, -0.1) is 6.58 Å². The summed E-state index contributed by atoms with van der Waals surface area (Å²) in [6, 6.07) is 7.25. The van der Waals surface area contributed by atoms with Gasteiger partial charge in [0.2, 0.25) is 5.91 Å². The Balaban J connectivity index is 2.39. The zero-order valence-corrected chi connectivity index (χ0v) is 18.6. The Morgan fingerprint density at radius 1 is 1.07 bits per heavy atom. The summed E-state index contributed by atoms with van der Waals surface area (Å²) in [5, 5.41) is 0. The third-order valence-corrected chi connectivity index (χ3v) is 6.16. The fourth-order valence-electron chi connectivity index (χ4n) is 4.40. The molecule has 7 heteroatoms. The molecule has 0 saturated heterocycles. The first-order valence-electron chi connectivity index (χ1n) is 10.1. The number of hydrogen-bond acceptors (Lipinski definition) is 6. The van der Waals surface area contributed by atoms with Crippen LogP contribution in [0.2, 0.25) is 0 Å². The van der Waals surface area contributed by atoms with Crippen molar-refractivity contribution < 1.29 is 28.5 Å². The van der Waals surface area contributed by atoms with Gasteiger partial charge in [-0.2, -0.15) is 0 Å². The van der Waals surface area contributed by atoms with E-state index >= 15 is 0 Å². The van der Waals surface area contributed by atoms with Crippen molar-refractivity contribution in [3.8, 4) is 5.75 Å². The molecule has 2 rings (SSSR count). The largest absolute Gasteiger partial charge is 0.497 e. The first-order valence-corrected chi connectivity index (χ1v) is 10.1. The Hall–Kier alpha value is -2.38. The molecule has 0 spiro atoms. The van der Waals surface area contributed by atoms with E-state index in [0.717, 1.165) is 11.3 Å². The van der Waals surface area contributed by atoms with E-state index in [2.05, 4.69) is 6.58 Å². The molecule has 0 bridgehead atoms.